The van der Waals surface area contributed by atoms with Crippen molar-refractivity contribution >= 4 is 0 Å². The first kappa shape index (κ1) is 14.1. The van der Waals surface area contributed by atoms with Crippen LogP contribution in [0.3, 0.4) is 0 Å². The van der Waals surface area contributed by atoms with Crippen molar-refractivity contribution < 1.29 is 0 Å². The molecule has 2 fully saturated rings. The Morgan fingerprint density at radius 2 is 1.80 bits per heavy atom. The predicted octanol–water partition coefficient (Wildman–Crippen LogP) is 3.65. The lowest BCUT2D eigenvalue weighted by Gasteiger charge is -2.44. The highest BCUT2D eigenvalue weighted by Gasteiger charge is 2.39. The molecule has 20 heavy (non-hydrogen) atoms. The van der Waals surface area contributed by atoms with Gasteiger partial charge in [0.1, 0.15) is 0 Å². The van der Waals surface area contributed by atoms with Crippen molar-refractivity contribution in [1.82, 2.24) is 4.90 Å². The van der Waals surface area contributed by atoms with Crippen molar-refractivity contribution in [2.24, 2.45) is 11.7 Å². The third kappa shape index (κ3) is 2.64. The second kappa shape index (κ2) is 5.87. The molecule has 2 N–H and O–H groups in total. The van der Waals surface area contributed by atoms with Gasteiger partial charge in [0, 0.05) is 18.1 Å². The summed E-state index contributed by atoms with van der Waals surface area (Å²) < 4.78 is 0. The molecular formula is C18H28N2. The van der Waals surface area contributed by atoms with Crippen LogP contribution in [-0.2, 0) is 0 Å². The smallest absolute Gasteiger partial charge is 0.0499 e. The SMILES string of the molecule is Cc1ccc(C(C(C)N)N2CCCC3CCCC32)cc1. The molecule has 1 aliphatic heterocycles. The Labute approximate surface area is 123 Å². The van der Waals surface area contributed by atoms with Gasteiger partial charge < -0.3 is 5.73 Å². The first-order chi connectivity index (χ1) is 9.66. The molecule has 1 aromatic carbocycles. The molecule has 0 bridgehead atoms. The molecule has 2 nitrogen and oxygen atoms in total. The number of piperidine rings is 1. The highest BCUT2D eigenvalue weighted by molar-refractivity contribution is 5.25. The number of benzene rings is 1. The zero-order valence-electron chi connectivity index (χ0n) is 12.9. The number of rotatable bonds is 3. The molecule has 2 aliphatic rings. The van der Waals surface area contributed by atoms with Gasteiger partial charge in [-0.3, -0.25) is 4.90 Å². The maximum absolute atomic E-state index is 6.38. The van der Waals surface area contributed by atoms with E-state index in [0.717, 1.165) is 12.0 Å². The van der Waals surface area contributed by atoms with Crippen LogP contribution in [0.2, 0.25) is 0 Å². The van der Waals surface area contributed by atoms with Crippen molar-refractivity contribution in [1.29, 1.82) is 0 Å². The van der Waals surface area contributed by atoms with Crippen LogP contribution < -0.4 is 5.73 Å². The summed E-state index contributed by atoms with van der Waals surface area (Å²) >= 11 is 0. The van der Waals surface area contributed by atoms with Gasteiger partial charge in [0.15, 0.2) is 0 Å². The summed E-state index contributed by atoms with van der Waals surface area (Å²) in [5.41, 5.74) is 9.11. The van der Waals surface area contributed by atoms with Gasteiger partial charge in [0.05, 0.1) is 0 Å². The van der Waals surface area contributed by atoms with Crippen molar-refractivity contribution in [3.05, 3.63) is 35.4 Å². The average Bonchev–Trinajstić information content (AvgIpc) is 2.90. The molecule has 0 spiro atoms. The van der Waals surface area contributed by atoms with Gasteiger partial charge in [-0.25, -0.2) is 0 Å². The summed E-state index contributed by atoms with van der Waals surface area (Å²) in [6.45, 7) is 5.54. The molecule has 0 aromatic heterocycles. The summed E-state index contributed by atoms with van der Waals surface area (Å²) in [7, 11) is 0. The Morgan fingerprint density at radius 1 is 1.10 bits per heavy atom. The van der Waals surface area contributed by atoms with Gasteiger partial charge in [0.2, 0.25) is 0 Å². The second-order valence-corrected chi connectivity index (χ2v) is 6.85. The van der Waals surface area contributed by atoms with Crippen LogP contribution in [0, 0.1) is 12.8 Å². The summed E-state index contributed by atoms with van der Waals surface area (Å²) in [6.07, 6.45) is 6.99. The van der Waals surface area contributed by atoms with Crippen molar-refractivity contribution in [2.75, 3.05) is 6.54 Å². The summed E-state index contributed by atoms with van der Waals surface area (Å²) in [4.78, 5) is 2.73. The molecule has 4 atom stereocenters. The van der Waals surface area contributed by atoms with Crippen LogP contribution >= 0.6 is 0 Å². The summed E-state index contributed by atoms with van der Waals surface area (Å²) in [5.74, 6) is 0.926. The number of hydrogen-bond acceptors (Lipinski definition) is 2. The third-order valence-electron chi connectivity index (χ3n) is 5.31. The van der Waals surface area contributed by atoms with E-state index in [2.05, 4.69) is 43.0 Å². The van der Waals surface area contributed by atoms with Gasteiger partial charge in [0.25, 0.3) is 0 Å². The zero-order valence-corrected chi connectivity index (χ0v) is 12.9. The minimum atomic E-state index is 0.192. The molecule has 4 unspecified atom stereocenters. The highest BCUT2D eigenvalue weighted by atomic mass is 15.2. The molecule has 0 radical (unpaired) electrons. The number of fused-ring (bicyclic) bond motifs is 1. The Kier molecular flexibility index (Phi) is 4.13. The molecule has 1 aromatic rings. The molecule has 1 saturated heterocycles. The normalized spacial score (nSPS) is 29.9. The number of likely N-dealkylation sites (tertiary alicyclic amines) is 1. The monoisotopic (exact) mass is 272 g/mol. The van der Waals surface area contributed by atoms with E-state index in [-0.39, 0.29) is 6.04 Å². The van der Waals surface area contributed by atoms with Crippen LogP contribution in [0.1, 0.15) is 56.2 Å². The van der Waals surface area contributed by atoms with Crippen molar-refractivity contribution in [3.63, 3.8) is 0 Å². The minimum absolute atomic E-state index is 0.192. The molecule has 2 heteroatoms. The van der Waals surface area contributed by atoms with E-state index >= 15 is 0 Å². The van der Waals surface area contributed by atoms with Gasteiger partial charge in [-0.15, -0.1) is 0 Å². The Bertz CT molecular complexity index is 437. The molecule has 0 amide bonds. The molecule has 1 heterocycles. The van der Waals surface area contributed by atoms with Crippen LogP contribution in [0.5, 0.6) is 0 Å². The van der Waals surface area contributed by atoms with Crippen LogP contribution in [0.15, 0.2) is 24.3 Å². The van der Waals surface area contributed by atoms with Gasteiger partial charge in [-0.2, -0.15) is 0 Å². The summed E-state index contributed by atoms with van der Waals surface area (Å²) in [6, 6.07) is 10.4. The van der Waals surface area contributed by atoms with E-state index in [1.54, 1.807) is 0 Å². The quantitative estimate of drug-likeness (QED) is 0.910. The van der Waals surface area contributed by atoms with E-state index in [1.165, 1.54) is 49.8 Å². The van der Waals surface area contributed by atoms with E-state index in [9.17, 15) is 0 Å². The topological polar surface area (TPSA) is 29.3 Å². The first-order valence-corrected chi connectivity index (χ1v) is 8.24. The number of nitrogens with zero attached hydrogens (tertiary/aromatic N) is 1. The maximum atomic E-state index is 6.38. The Hall–Kier alpha value is -0.860. The minimum Gasteiger partial charge on any atom is -0.326 e. The number of nitrogens with two attached hydrogens (primary N) is 1. The predicted molar refractivity (Wildman–Crippen MR) is 84.6 cm³/mol. The molecule has 1 saturated carbocycles. The third-order valence-corrected chi connectivity index (χ3v) is 5.31. The van der Waals surface area contributed by atoms with Gasteiger partial charge in [-0.1, -0.05) is 36.2 Å². The highest BCUT2D eigenvalue weighted by Crippen LogP contribution is 2.41. The largest absolute Gasteiger partial charge is 0.326 e. The van der Waals surface area contributed by atoms with E-state index < -0.39 is 0 Å². The average molecular weight is 272 g/mol. The first-order valence-electron chi connectivity index (χ1n) is 8.24. The van der Waals surface area contributed by atoms with Crippen molar-refractivity contribution in [2.45, 2.75) is 64.1 Å². The zero-order chi connectivity index (χ0) is 14.1. The Morgan fingerprint density at radius 3 is 2.50 bits per heavy atom. The summed E-state index contributed by atoms with van der Waals surface area (Å²) in [5, 5.41) is 0. The lowest BCUT2D eigenvalue weighted by molar-refractivity contribution is 0.0571. The van der Waals surface area contributed by atoms with E-state index in [4.69, 9.17) is 5.73 Å². The standard InChI is InChI=1S/C18H28N2/c1-13-8-10-16(11-9-13)18(14(2)19)20-12-4-6-15-5-3-7-17(15)20/h8-11,14-15,17-18H,3-7,12,19H2,1-2H3. The fourth-order valence-electron chi connectivity index (χ4n) is 4.40. The van der Waals surface area contributed by atoms with Crippen LogP contribution in [0.25, 0.3) is 0 Å². The van der Waals surface area contributed by atoms with Gasteiger partial charge >= 0.3 is 0 Å². The second-order valence-electron chi connectivity index (χ2n) is 6.85. The lowest BCUT2D eigenvalue weighted by atomic mass is 9.87. The lowest BCUT2D eigenvalue weighted by Crippen LogP contribution is -2.49. The van der Waals surface area contributed by atoms with E-state index in [1.807, 2.05) is 0 Å². The maximum Gasteiger partial charge on any atom is 0.0499 e. The number of hydrogen-bond donors (Lipinski definition) is 1. The molecule has 110 valence electrons. The number of aryl methyl sites for hydroxylation is 1. The van der Waals surface area contributed by atoms with E-state index in [0.29, 0.717) is 6.04 Å². The van der Waals surface area contributed by atoms with Crippen LogP contribution in [0.4, 0.5) is 0 Å². The fourth-order valence-corrected chi connectivity index (χ4v) is 4.40. The Balaban J connectivity index is 1.88. The van der Waals surface area contributed by atoms with Crippen LogP contribution in [-0.4, -0.2) is 23.5 Å². The van der Waals surface area contributed by atoms with Gasteiger partial charge in [-0.05, 0) is 57.6 Å². The molecule has 3 rings (SSSR count). The van der Waals surface area contributed by atoms with Crippen molar-refractivity contribution in [3.8, 4) is 0 Å². The molecular weight excluding hydrogens is 244 g/mol. The fraction of sp³-hybridized carbons (Fsp3) is 0.667. The molecule has 1 aliphatic carbocycles.